The van der Waals surface area contributed by atoms with Crippen LogP contribution in [0.15, 0.2) is 30.3 Å². The minimum atomic E-state index is -0.0167. The Morgan fingerprint density at radius 2 is 1.76 bits per heavy atom. The van der Waals surface area contributed by atoms with Crippen LogP contribution in [0.4, 0.5) is 5.95 Å². The number of piperidine rings is 1. The first-order valence-corrected chi connectivity index (χ1v) is 11.4. The van der Waals surface area contributed by atoms with Crippen LogP contribution < -0.4 is 19.7 Å². The number of nitrogens with zero attached hydrogens (tertiary/aromatic N) is 3. The molecule has 1 saturated heterocycles. The molecule has 0 spiro atoms. The second kappa shape index (κ2) is 9.65. The molecule has 3 aromatic rings. The largest absolute Gasteiger partial charge is 0.497 e. The van der Waals surface area contributed by atoms with Crippen molar-refractivity contribution in [3.63, 3.8) is 0 Å². The van der Waals surface area contributed by atoms with E-state index < -0.39 is 0 Å². The van der Waals surface area contributed by atoms with Crippen molar-refractivity contribution in [1.29, 1.82) is 0 Å². The van der Waals surface area contributed by atoms with E-state index in [0.717, 1.165) is 59.8 Å². The molecule has 1 amide bonds. The van der Waals surface area contributed by atoms with E-state index in [9.17, 15) is 4.79 Å². The normalized spacial score (nSPS) is 14.4. The number of benzene rings is 2. The summed E-state index contributed by atoms with van der Waals surface area (Å²) >= 11 is 0. The average Bonchev–Trinajstić information content (AvgIpc) is 2.83. The Morgan fingerprint density at radius 1 is 1.03 bits per heavy atom. The molecule has 1 fully saturated rings. The summed E-state index contributed by atoms with van der Waals surface area (Å²) in [4.78, 5) is 24.6. The average molecular weight is 449 g/mol. The van der Waals surface area contributed by atoms with Gasteiger partial charge in [0.05, 0.1) is 25.4 Å². The maximum absolute atomic E-state index is 12.8. The molecule has 0 saturated carbocycles. The van der Waals surface area contributed by atoms with E-state index in [4.69, 9.17) is 19.4 Å². The van der Waals surface area contributed by atoms with Crippen LogP contribution >= 0.6 is 0 Å². The molecule has 7 nitrogen and oxygen atoms in total. The number of methoxy groups -OCH3 is 2. The lowest BCUT2D eigenvalue weighted by molar-refractivity contribution is -0.125. The molecule has 174 valence electrons. The topological polar surface area (TPSA) is 76.6 Å². The van der Waals surface area contributed by atoms with Gasteiger partial charge in [-0.1, -0.05) is 0 Å². The molecule has 2 heterocycles. The van der Waals surface area contributed by atoms with Gasteiger partial charge in [-0.05, 0) is 69.0 Å². The monoisotopic (exact) mass is 448 g/mol. The molecular formula is C26H32N4O3. The van der Waals surface area contributed by atoms with E-state index in [-0.39, 0.29) is 11.8 Å². The van der Waals surface area contributed by atoms with Crippen LogP contribution in [0, 0.1) is 26.7 Å². The Morgan fingerprint density at radius 3 is 2.45 bits per heavy atom. The Labute approximate surface area is 195 Å². The van der Waals surface area contributed by atoms with Gasteiger partial charge < -0.3 is 19.7 Å². The summed E-state index contributed by atoms with van der Waals surface area (Å²) < 4.78 is 10.7. The van der Waals surface area contributed by atoms with Crippen LogP contribution in [-0.2, 0) is 11.3 Å². The van der Waals surface area contributed by atoms with Crippen molar-refractivity contribution in [1.82, 2.24) is 15.3 Å². The third-order valence-corrected chi connectivity index (χ3v) is 6.59. The predicted octanol–water partition coefficient (Wildman–Crippen LogP) is 4.11. The molecule has 0 radical (unpaired) electrons. The number of amides is 1. The smallest absolute Gasteiger partial charge is 0.226 e. The van der Waals surface area contributed by atoms with E-state index in [0.29, 0.717) is 12.3 Å². The fourth-order valence-electron chi connectivity index (χ4n) is 4.33. The zero-order valence-corrected chi connectivity index (χ0v) is 20.1. The van der Waals surface area contributed by atoms with Crippen molar-refractivity contribution in [2.24, 2.45) is 5.92 Å². The molecule has 0 unspecified atom stereocenters. The van der Waals surface area contributed by atoms with Crippen LogP contribution in [-0.4, -0.2) is 43.2 Å². The molecule has 1 N–H and O–H groups in total. The Hall–Kier alpha value is -3.35. The number of anilines is 1. The quantitative estimate of drug-likeness (QED) is 0.612. The predicted molar refractivity (Wildman–Crippen MR) is 130 cm³/mol. The van der Waals surface area contributed by atoms with Crippen molar-refractivity contribution < 1.29 is 14.3 Å². The lowest BCUT2D eigenvalue weighted by atomic mass is 9.96. The van der Waals surface area contributed by atoms with Gasteiger partial charge >= 0.3 is 0 Å². The highest BCUT2D eigenvalue weighted by molar-refractivity contribution is 5.83. The number of carbonyl (C=O) groups excluding carboxylic acids is 1. The molecule has 33 heavy (non-hydrogen) atoms. The fraction of sp³-hybridized carbons (Fsp3) is 0.423. The van der Waals surface area contributed by atoms with Crippen molar-refractivity contribution in [3.8, 4) is 11.5 Å². The first-order valence-electron chi connectivity index (χ1n) is 11.4. The minimum Gasteiger partial charge on any atom is -0.497 e. The second-order valence-electron chi connectivity index (χ2n) is 8.72. The van der Waals surface area contributed by atoms with E-state index >= 15 is 0 Å². The number of ether oxygens (including phenoxy) is 2. The zero-order chi connectivity index (χ0) is 23.5. The van der Waals surface area contributed by atoms with Gasteiger partial charge in [0.25, 0.3) is 0 Å². The standard InChI is InChI=1S/C26H32N4O3/c1-16-12-22-18(3)28-26(29-23(22)13-17(16)2)30-10-8-19(9-11-30)25(31)27-15-20-6-7-21(32-4)14-24(20)33-5/h6-7,12-14,19H,8-11,15H2,1-5H3,(H,27,31). The van der Waals surface area contributed by atoms with Crippen molar-refractivity contribution >= 4 is 22.8 Å². The lowest BCUT2D eigenvalue weighted by Crippen LogP contribution is -2.41. The van der Waals surface area contributed by atoms with Crippen LogP contribution in [0.3, 0.4) is 0 Å². The molecule has 1 aromatic heterocycles. The molecule has 2 aromatic carbocycles. The van der Waals surface area contributed by atoms with E-state index in [1.165, 1.54) is 11.1 Å². The lowest BCUT2D eigenvalue weighted by Gasteiger charge is -2.31. The molecule has 1 aliphatic rings. The third kappa shape index (κ3) is 4.87. The number of hydrogen-bond acceptors (Lipinski definition) is 6. The molecule has 0 bridgehead atoms. The number of aromatic nitrogens is 2. The van der Waals surface area contributed by atoms with Gasteiger partial charge in [-0.15, -0.1) is 0 Å². The summed E-state index contributed by atoms with van der Waals surface area (Å²) in [6.07, 6.45) is 1.55. The summed E-state index contributed by atoms with van der Waals surface area (Å²) in [5.41, 5.74) is 5.38. The Balaban J connectivity index is 1.38. The number of hydrogen-bond donors (Lipinski definition) is 1. The van der Waals surface area contributed by atoms with Gasteiger partial charge in [0.15, 0.2) is 0 Å². The molecule has 4 rings (SSSR count). The van der Waals surface area contributed by atoms with Crippen LogP contribution in [0.2, 0.25) is 0 Å². The fourth-order valence-corrected chi connectivity index (χ4v) is 4.33. The van der Waals surface area contributed by atoms with Crippen LogP contribution in [0.5, 0.6) is 11.5 Å². The summed E-state index contributed by atoms with van der Waals surface area (Å²) in [6, 6.07) is 9.92. The van der Waals surface area contributed by atoms with Crippen molar-refractivity contribution in [2.45, 2.75) is 40.2 Å². The number of rotatable bonds is 6. The van der Waals surface area contributed by atoms with Gasteiger partial charge in [0.1, 0.15) is 11.5 Å². The number of carbonyl (C=O) groups is 1. The van der Waals surface area contributed by atoms with E-state index in [2.05, 4.69) is 36.2 Å². The van der Waals surface area contributed by atoms with E-state index in [1.807, 2.05) is 25.1 Å². The summed E-state index contributed by atoms with van der Waals surface area (Å²) in [5, 5.41) is 4.17. The number of aryl methyl sites for hydroxylation is 3. The summed E-state index contributed by atoms with van der Waals surface area (Å²) in [5.74, 6) is 2.25. The van der Waals surface area contributed by atoms with Gasteiger partial charge in [-0.2, -0.15) is 0 Å². The summed E-state index contributed by atoms with van der Waals surface area (Å²) in [7, 11) is 3.24. The molecule has 7 heteroatoms. The van der Waals surface area contributed by atoms with Crippen molar-refractivity contribution in [3.05, 3.63) is 52.7 Å². The van der Waals surface area contributed by atoms with Crippen LogP contribution in [0.1, 0.15) is 35.2 Å². The third-order valence-electron chi connectivity index (χ3n) is 6.59. The van der Waals surface area contributed by atoms with Gasteiger partial charge in [-0.3, -0.25) is 4.79 Å². The maximum Gasteiger partial charge on any atom is 0.226 e. The second-order valence-corrected chi connectivity index (χ2v) is 8.72. The van der Waals surface area contributed by atoms with E-state index in [1.54, 1.807) is 14.2 Å². The van der Waals surface area contributed by atoms with Gasteiger partial charge in [0, 0.05) is 42.6 Å². The Kier molecular flexibility index (Phi) is 6.67. The highest BCUT2D eigenvalue weighted by Gasteiger charge is 2.26. The van der Waals surface area contributed by atoms with Crippen molar-refractivity contribution in [2.75, 3.05) is 32.2 Å². The maximum atomic E-state index is 12.8. The molecule has 1 aliphatic heterocycles. The zero-order valence-electron chi connectivity index (χ0n) is 20.1. The first kappa shape index (κ1) is 22.8. The van der Waals surface area contributed by atoms with Crippen LogP contribution in [0.25, 0.3) is 10.9 Å². The highest BCUT2D eigenvalue weighted by Crippen LogP contribution is 2.27. The Bertz CT molecular complexity index is 1170. The molecular weight excluding hydrogens is 416 g/mol. The molecule has 0 aliphatic carbocycles. The van der Waals surface area contributed by atoms with Gasteiger partial charge in [-0.25, -0.2) is 9.97 Å². The minimum absolute atomic E-state index is 0.0167. The first-order chi connectivity index (χ1) is 15.9. The van der Waals surface area contributed by atoms with Gasteiger partial charge in [0.2, 0.25) is 11.9 Å². The highest BCUT2D eigenvalue weighted by atomic mass is 16.5. The molecule has 0 atom stereocenters. The SMILES string of the molecule is COc1ccc(CNC(=O)C2CCN(c3nc(C)c4cc(C)c(C)cc4n3)CC2)c(OC)c1. The number of fused-ring (bicyclic) bond motifs is 1. The number of nitrogens with one attached hydrogen (secondary N) is 1. The summed E-state index contributed by atoms with van der Waals surface area (Å²) in [6.45, 7) is 8.22.